The Morgan fingerprint density at radius 3 is 3.27 bits per heavy atom. The Morgan fingerprint density at radius 2 is 2.36 bits per heavy atom. The molecular weight excluding hydrogens is 136 g/mol. The lowest BCUT2D eigenvalue weighted by Crippen LogP contribution is -2.02. The Hall–Kier alpha value is -1.31. The van der Waals surface area contributed by atoms with E-state index >= 15 is 0 Å². The number of benzene rings is 1. The Morgan fingerprint density at radius 1 is 1.45 bits per heavy atom. The van der Waals surface area contributed by atoms with Gasteiger partial charge in [0.2, 0.25) is 0 Å². The summed E-state index contributed by atoms with van der Waals surface area (Å²) >= 11 is 0. The van der Waals surface area contributed by atoms with Crippen molar-refractivity contribution in [3.05, 3.63) is 29.3 Å². The third-order valence-corrected chi connectivity index (χ3v) is 1.85. The highest BCUT2D eigenvalue weighted by Gasteiger charge is 2.03. The predicted octanol–water partition coefficient (Wildman–Crippen LogP) is 1.95. The second-order valence-electron chi connectivity index (χ2n) is 2.79. The van der Waals surface area contributed by atoms with E-state index in [2.05, 4.69) is 35.7 Å². The molecule has 1 heterocycles. The van der Waals surface area contributed by atoms with Gasteiger partial charge >= 0.3 is 0 Å². The Labute approximate surface area is 65.9 Å². The molecule has 0 fully saturated rings. The number of nitrogens with zero attached hydrogens (tertiary/aromatic N) is 1. The van der Waals surface area contributed by atoms with Gasteiger partial charge in [-0.1, -0.05) is 17.7 Å². The molecule has 2 rings (SSSR count). The van der Waals surface area contributed by atoms with Gasteiger partial charge in [0.05, 0.1) is 5.69 Å². The lowest BCUT2D eigenvalue weighted by atomic mass is 10.1. The summed E-state index contributed by atoms with van der Waals surface area (Å²) in [4.78, 5) is 0. The van der Waals surface area contributed by atoms with E-state index in [1.165, 1.54) is 11.1 Å². The van der Waals surface area contributed by atoms with E-state index in [9.17, 15) is 0 Å². The topological polar surface area (TPSA) is 24.4 Å². The van der Waals surface area contributed by atoms with Crippen molar-refractivity contribution < 1.29 is 0 Å². The van der Waals surface area contributed by atoms with Gasteiger partial charge in [-0.05, 0) is 18.6 Å². The van der Waals surface area contributed by atoms with Crippen LogP contribution in [0.3, 0.4) is 0 Å². The fraction of sp³-hybridized carbons (Fsp3) is 0.222. The van der Waals surface area contributed by atoms with Crippen LogP contribution in [0.15, 0.2) is 23.3 Å². The maximum atomic E-state index is 3.97. The Kier molecular flexibility index (Phi) is 1.39. The van der Waals surface area contributed by atoms with Crippen molar-refractivity contribution in [3.8, 4) is 0 Å². The number of aryl methyl sites for hydroxylation is 1. The molecule has 0 saturated carbocycles. The molecule has 0 spiro atoms. The summed E-state index contributed by atoms with van der Waals surface area (Å²) in [5.41, 5.74) is 6.74. The standard InChI is InChI=1S/C9H10N2/c1-7-2-3-9-8(6-7)4-5-10-11-9/h2-3,5-6,11H,4H2,1H3. The fourth-order valence-corrected chi connectivity index (χ4v) is 1.26. The maximum Gasteiger partial charge on any atom is 0.0597 e. The summed E-state index contributed by atoms with van der Waals surface area (Å²) in [7, 11) is 0. The molecule has 1 aliphatic rings. The van der Waals surface area contributed by atoms with Crippen LogP contribution in [0.1, 0.15) is 11.1 Å². The summed E-state index contributed by atoms with van der Waals surface area (Å²) in [6.07, 6.45) is 2.84. The lowest BCUT2D eigenvalue weighted by molar-refractivity contribution is 1.20. The van der Waals surface area contributed by atoms with E-state index in [0.717, 1.165) is 12.1 Å². The van der Waals surface area contributed by atoms with E-state index in [4.69, 9.17) is 0 Å². The van der Waals surface area contributed by atoms with E-state index in [1.54, 1.807) is 0 Å². The third kappa shape index (κ3) is 1.11. The molecule has 11 heavy (non-hydrogen) atoms. The van der Waals surface area contributed by atoms with Crippen LogP contribution in [0, 0.1) is 6.92 Å². The molecule has 1 aromatic carbocycles. The minimum absolute atomic E-state index is 0.948. The number of fused-ring (bicyclic) bond motifs is 1. The van der Waals surface area contributed by atoms with Gasteiger partial charge in [0.15, 0.2) is 0 Å². The van der Waals surface area contributed by atoms with Crippen molar-refractivity contribution >= 4 is 11.9 Å². The van der Waals surface area contributed by atoms with E-state index in [1.807, 2.05) is 6.21 Å². The average Bonchev–Trinajstić information content (AvgIpc) is 2.04. The second kappa shape index (κ2) is 2.38. The van der Waals surface area contributed by atoms with Crippen LogP contribution in [-0.2, 0) is 6.42 Å². The third-order valence-electron chi connectivity index (χ3n) is 1.85. The molecule has 0 bridgehead atoms. The SMILES string of the molecule is Cc1ccc2c(c1)CC=NN2. The van der Waals surface area contributed by atoms with E-state index < -0.39 is 0 Å². The van der Waals surface area contributed by atoms with Crippen LogP contribution in [0.2, 0.25) is 0 Å². The van der Waals surface area contributed by atoms with Gasteiger partial charge in [0, 0.05) is 12.6 Å². The Balaban J connectivity index is 2.48. The number of hydrogen-bond donors (Lipinski definition) is 1. The first kappa shape index (κ1) is 6.40. The molecule has 0 aromatic heterocycles. The van der Waals surface area contributed by atoms with Crippen molar-refractivity contribution in [2.24, 2.45) is 5.10 Å². The molecule has 0 amide bonds. The zero-order chi connectivity index (χ0) is 7.68. The zero-order valence-electron chi connectivity index (χ0n) is 6.46. The van der Waals surface area contributed by atoms with Gasteiger partial charge in [-0.25, -0.2) is 0 Å². The van der Waals surface area contributed by atoms with Gasteiger partial charge in [0.1, 0.15) is 0 Å². The first-order valence-electron chi connectivity index (χ1n) is 3.73. The van der Waals surface area contributed by atoms with Crippen LogP contribution < -0.4 is 5.43 Å². The highest BCUT2D eigenvalue weighted by atomic mass is 15.3. The summed E-state index contributed by atoms with van der Waals surface area (Å²) in [5.74, 6) is 0. The van der Waals surface area contributed by atoms with E-state index in [0.29, 0.717) is 0 Å². The van der Waals surface area contributed by atoms with Crippen LogP contribution in [-0.4, -0.2) is 6.21 Å². The van der Waals surface area contributed by atoms with Crippen molar-refractivity contribution in [2.45, 2.75) is 13.3 Å². The van der Waals surface area contributed by atoms with Gasteiger partial charge < -0.3 is 0 Å². The summed E-state index contributed by atoms with van der Waals surface area (Å²) < 4.78 is 0. The monoisotopic (exact) mass is 146 g/mol. The summed E-state index contributed by atoms with van der Waals surface area (Å²) in [6, 6.07) is 6.35. The zero-order valence-corrected chi connectivity index (χ0v) is 6.46. The molecule has 0 saturated heterocycles. The highest BCUT2D eigenvalue weighted by Crippen LogP contribution is 2.19. The van der Waals surface area contributed by atoms with Crippen LogP contribution in [0.4, 0.5) is 5.69 Å². The molecule has 1 N–H and O–H groups in total. The fourth-order valence-electron chi connectivity index (χ4n) is 1.26. The number of hydrogen-bond acceptors (Lipinski definition) is 2. The van der Waals surface area contributed by atoms with Gasteiger partial charge in [-0.2, -0.15) is 5.10 Å². The molecule has 0 atom stereocenters. The normalized spacial score (nSPS) is 13.9. The molecule has 1 aromatic rings. The lowest BCUT2D eigenvalue weighted by Gasteiger charge is -2.11. The minimum atomic E-state index is 0.948. The van der Waals surface area contributed by atoms with Crippen LogP contribution >= 0.6 is 0 Å². The van der Waals surface area contributed by atoms with Gasteiger partial charge in [-0.15, -0.1) is 0 Å². The predicted molar refractivity (Wildman–Crippen MR) is 47.0 cm³/mol. The number of hydrazone groups is 1. The van der Waals surface area contributed by atoms with E-state index in [-0.39, 0.29) is 0 Å². The van der Waals surface area contributed by atoms with Crippen molar-refractivity contribution in [2.75, 3.05) is 5.43 Å². The van der Waals surface area contributed by atoms with Crippen LogP contribution in [0.25, 0.3) is 0 Å². The number of anilines is 1. The molecule has 0 unspecified atom stereocenters. The molecule has 56 valence electrons. The molecule has 1 aliphatic heterocycles. The Bertz CT molecular complexity index is 302. The first-order valence-corrected chi connectivity index (χ1v) is 3.73. The minimum Gasteiger partial charge on any atom is -0.279 e. The smallest absolute Gasteiger partial charge is 0.0597 e. The van der Waals surface area contributed by atoms with Crippen molar-refractivity contribution in [3.63, 3.8) is 0 Å². The molecule has 0 aliphatic carbocycles. The second-order valence-corrected chi connectivity index (χ2v) is 2.79. The van der Waals surface area contributed by atoms with Gasteiger partial charge in [0.25, 0.3) is 0 Å². The maximum absolute atomic E-state index is 3.97. The van der Waals surface area contributed by atoms with Crippen molar-refractivity contribution in [1.82, 2.24) is 0 Å². The van der Waals surface area contributed by atoms with Gasteiger partial charge in [-0.3, -0.25) is 5.43 Å². The quantitative estimate of drug-likeness (QED) is 0.594. The molecule has 0 radical (unpaired) electrons. The number of nitrogens with one attached hydrogen (secondary N) is 1. The highest BCUT2D eigenvalue weighted by molar-refractivity contribution is 5.71. The molecule has 2 nitrogen and oxygen atoms in total. The first-order chi connectivity index (χ1) is 5.36. The largest absolute Gasteiger partial charge is 0.279 e. The van der Waals surface area contributed by atoms with Crippen LogP contribution in [0.5, 0.6) is 0 Å². The summed E-state index contributed by atoms with van der Waals surface area (Å²) in [5, 5.41) is 3.97. The summed E-state index contributed by atoms with van der Waals surface area (Å²) in [6.45, 7) is 2.10. The average molecular weight is 146 g/mol. The molecular formula is C9H10N2. The molecule has 2 heteroatoms. The number of rotatable bonds is 0. The van der Waals surface area contributed by atoms with Crippen molar-refractivity contribution in [1.29, 1.82) is 0 Å².